The zero-order chi connectivity index (χ0) is 31.7. The molecular formula is C31H34N2O10. The molecule has 0 unspecified atom stereocenters. The standard InChI is InChI=1S/C31H34N2O10/c1-9-12(2)31(39)43-11-17-18-15(23(34)13(3)28(41-7)29(18)42-8)10-16-21-19-20(24(35)14(4)27(40-6)26(19)37)25(36)22(32(21)5)30(38)33(16)17/h9-10,17,21-22,34-35,37H,11H2,1-8H3/b12-9-/t17-,21-,22-/m0/s1. The van der Waals surface area contributed by atoms with E-state index >= 15 is 0 Å². The lowest BCUT2D eigenvalue weighted by Gasteiger charge is -2.52. The molecule has 0 aliphatic carbocycles. The Bertz CT molecular complexity index is 1660. The number of nitrogens with zero attached hydrogens (tertiary/aromatic N) is 2. The van der Waals surface area contributed by atoms with Crippen LogP contribution in [0.15, 0.2) is 17.3 Å². The van der Waals surface area contributed by atoms with Gasteiger partial charge >= 0.3 is 5.97 Å². The maximum Gasteiger partial charge on any atom is 0.333 e. The minimum Gasteiger partial charge on any atom is -0.507 e. The summed E-state index contributed by atoms with van der Waals surface area (Å²) in [7, 11) is 5.72. The van der Waals surface area contributed by atoms with Gasteiger partial charge in [-0.25, -0.2) is 4.79 Å². The maximum absolute atomic E-state index is 14.3. The lowest BCUT2D eigenvalue weighted by atomic mass is 9.77. The predicted octanol–water partition coefficient (Wildman–Crippen LogP) is 3.43. The van der Waals surface area contributed by atoms with Crippen LogP contribution in [0.3, 0.4) is 0 Å². The number of ether oxygens (including phenoxy) is 4. The molecule has 12 heteroatoms. The molecule has 0 saturated carbocycles. The Morgan fingerprint density at radius 1 is 0.907 bits per heavy atom. The molecule has 1 amide bonds. The van der Waals surface area contributed by atoms with Crippen LogP contribution in [0.4, 0.5) is 0 Å². The van der Waals surface area contributed by atoms with Crippen LogP contribution in [0, 0.1) is 13.8 Å². The molecule has 3 aliphatic heterocycles. The minimum atomic E-state index is -1.38. The predicted molar refractivity (Wildman–Crippen MR) is 154 cm³/mol. The van der Waals surface area contributed by atoms with E-state index in [1.807, 2.05) is 0 Å². The number of hydrogen-bond donors (Lipinski definition) is 3. The number of phenols is 3. The van der Waals surface area contributed by atoms with Gasteiger partial charge in [-0.05, 0) is 40.8 Å². The molecule has 3 atom stereocenters. The van der Waals surface area contributed by atoms with Gasteiger partial charge < -0.3 is 39.2 Å². The van der Waals surface area contributed by atoms with Gasteiger partial charge in [0.1, 0.15) is 24.1 Å². The molecule has 3 heterocycles. The van der Waals surface area contributed by atoms with E-state index in [9.17, 15) is 29.7 Å². The van der Waals surface area contributed by atoms with Crippen LogP contribution < -0.4 is 14.2 Å². The highest BCUT2D eigenvalue weighted by Gasteiger charge is 2.57. The molecule has 5 rings (SSSR count). The number of methoxy groups -OCH3 is 3. The highest BCUT2D eigenvalue weighted by molar-refractivity contribution is 6.18. The second-order valence-corrected chi connectivity index (χ2v) is 10.7. The van der Waals surface area contributed by atoms with E-state index in [1.54, 1.807) is 40.0 Å². The summed E-state index contributed by atoms with van der Waals surface area (Å²) in [6, 6.07) is -3.40. The minimum absolute atomic E-state index is 0.0198. The van der Waals surface area contributed by atoms with Crippen LogP contribution in [0.2, 0.25) is 0 Å². The summed E-state index contributed by atoms with van der Waals surface area (Å²) in [4.78, 5) is 43.9. The summed E-state index contributed by atoms with van der Waals surface area (Å²) in [5, 5.41) is 33.9. The van der Waals surface area contributed by atoms with Crippen LogP contribution in [0.25, 0.3) is 6.08 Å². The van der Waals surface area contributed by atoms with Gasteiger partial charge in [-0.1, -0.05) is 6.08 Å². The number of amides is 1. The highest BCUT2D eigenvalue weighted by Crippen LogP contribution is 2.58. The number of Topliss-reactive ketones (excluding diaryl/α,β-unsaturated/α-hetero) is 1. The van der Waals surface area contributed by atoms with Crippen molar-refractivity contribution in [2.75, 3.05) is 35.0 Å². The van der Waals surface area contributed by atoms with Crippen LogP contribution >= 0.6 is 0 Å². The monoisotopic (exact) mass is 594 g/mol. The third-order valence-corrected chi connectivity index (χ3v) is 8.65. The summed E-state index contributed by atoms with van der Waals surface area (Å²) in [6.07, 6.45) is 3.17. The molecule has 1 saturated heterocycles. The molecule has 0 radical (unpaired) electrons. The number of esters is 1. The quantitative estimate of drug-likeness (QED) is 0.195. The Kier molecular flexibility index (Phi) is 7.29. The van der Waals surface area contributed by atoms with Gasteiger partial charge in [-0.2, -0.15) is 0 Å². The van der Waals surface area contributed by atoms with Crippen LogP contribution in [-0.2, 0) is 14.3 Å². The molecule has 43 heavy (non-hydrogen) atoms. The summed E-state index contributed by atoms with van der Waals surface area (Å²) >= 11 is 0. The Morgan fingerprint density at radius 2 is 1.51 bits per heavy atom. The first-order valence-corrected chi connectivity index (χ1v) is 13.6. The molecule has 228 valence electrons. The molecule has 2 aromatic rings. The largest absolute Gasteiger partial charge is 0.507 e. The Morgan fingerprint density at radius 3 is 2.09 bits per heavy atom. The van der Waals surface area contributed by atoms with Crippen LogP contribution in [0.5, 0.6) is 34.5 Å². The van der Waals surface area contributed by atoms with Gasteiger partial charge in [0.25, 0.3) is 5.91 Å². The average molecular weight is 595 g/mol. The maximum atomic E-state index is 14.3. The zero-order valence-corrected chi connectivity index (χ0v) is 25.2. The SMILES string of the molecule is C/C=C(/C)C(=O)OC[C@H]1c2c(c(O)c(C)c(OC)c2OC)C=C2[C@H]3c4c(O)c(OC)c(C)c(O)c4C(=O)[C@@H](C(=O)N21)N3C. The van der Waals surface area contributed by atoms with Crippen molar-refractivity contribution in [1.29, 1.82) is 0 Å². The lowest BCUT2D eigenvalue weighted by Crippen LogP contribution is -2.62. The molecular weight excluding hydrogens is 560 g/mol. The number of ketones is 1. The van der Waals surface area contributed by atoms with E-state index in [1.165, 1.54) is 38.1 Å². The van der Waals surface area contributed by atoms with Gasteiger partial charge in [0.15, 0.2) is 34.8 Å². The molecule has 1 fully saturated rings. The van der Waals surface area contributed by atoms with Crippen LogP contribution in [0.1, 0.15) is 64.1 Å². The number of carbonyl (C=O) groups excluding carboxylic acids is 3. The van der Waals surface area contributed by atoms with E-state index in [-0.39, 0.29) is 63.3 Å². The molecule has 12 nitrogen and oxygen atoms in total. The number of fused-ring (bicyclic) bond motifs is 7. The van der Waals surface area contributed by atoms with Crippen molar-refractivity contribution >= 4 is 23.7 Å². The lowest BCUT2D eigenvalue weighted by molar-refractivity contribution is -0.148. The summed E-state index contributed by atoms with van der Waals surface area (Å²) in [6.45, 7) is 6.06. The van der Waals surface area contributed by atoms with E-state index in [0.717, 1.165) is 0 Å². The topological polar surface area (TPSA) is 155 Å². The van der Waals surface area contributed by atoms with Gasteiger partial charge in [-0.15, -0.1) is 0 Å². The fourth-order valence-corrected chi connectivity index (χ4v) is 6.39. The number of benzene rings is 2. The van der Waals surface area contributed by atoms with Crippen molar-refractivity contribution in [2.24, 2.45) is 0 Å². The summed E-state index contributed by atoms with van der Waals surface area (Å²) in [5.74, 6) is -2.47. The van der Waals surface area contributed by atoms with Crippen molar-refractivity contribution in [3.8, 4) is 34.5 Å². The Hall–Kier alpha value is -4.71. The molecule has 2 aromatic carbocycles. The number of carbonyl (C=O) groups is 3. The number of aromatic hydroxyl groups is 3. The average Bonchev–Trinajstić information content (AvgIpc) is 2.98. The number of piperazine rings is 1. The molecule has 3 N–H and O–H groups in total. The summed E-state index contributed by atoms with van der Waals surface area (Å²) < 4.78 is 22.3. The Balaban J connectivity index is 1.85. The van der Waals surface area contributed by atoms with Gasteiger partial charge in [-0.3, -0.25) is 14.5 Å². The first-order chi connectivity index (χ1) is 20.4. The van der Waals surface area contributed by atoms with Gasteiger partial charge in [0.05, 0.1) is 32.9 Å². The van der Waals surface area contributed by atoms with E-state index in [4.69, 9.17) is 18.9 Å². The molecule has 0 spiro atoms. The molecule has 2 bridgehead atoms. The first kappa shape index (κ1) is 29.8. The fraction of sp³-hybridized carbons (Fsp3) is 0.387. The van der Waals surface area contributed by atoms with Crippen molar-refractivity contribution < 1.29 is 48.7 Å². The van der Waals surface area contributed by atoms with E-state index in [2.05, 4.69) is 0 Å². The van der Waals surface area contributed by atoms with E-state index in [0.29, 0.717) is 16.7 Å². The summed E-state index contributed by atoms with van der Waals surface area (Å²) in [5.41, 5.74) is 1.61. The highest BCUT2D eigenvalue weighted by atomic mass is 16.5. The first-order valence-electron chi connectivity index (χ1n) is 13.6. The third kappa shape index (κ3) is 3.96. The zero-order valence-electron chi connectivity index (χ0n) is 25.2. The third-order valence-electron chi connectivity index (χ3n) is 8.65. The van der Waals surface area contributed by atoms with E-state index < -0.39 is 41.5 Å². The number of hydrogen-bond acceptors (Lipinski definition) is 11. The van der Waals surface area contributed by atoms with Crippen molar-refractivity contribution in [1.82, 2.24) is 9.80 Å². The normalized spacial score (nSPS) is 21.0. The number of phenolic OH excluding ortho intramolecular Hbond substituents is 3. The number of likely N-dealkylation sites (N-methyl/N-ethyl adjacent to an activating group) is 1. The second kappa shape index (κ2) is 10.5. The Labute approximate surface area is 248 Å². The van der Waals surface area contributed by atoms with Crippen LogP contribution in [-0.4, -0.2) is 83.8 Å². The van der Waals surface area contributed by atoms with Crippen molar-refractivity contribution in [3.05, 3.63) is 50.7 Å². The van der Waals surface area contributed by atoms with Crippen molar-refractivity contribution in [2.45, 2.75) is 45.8 Å². The smallest absolute Gasteiger partial charge is 0.333 e. The van der Waals surface area contributed by atoms with Crippen molar-refractivity contribution in [3.63, 3.8) is 0 Å². The second-order valence-electron chi connectivity index (χ2n) is 10.7. The van der Waals surface area contributed by atoms with Gasteiger partial charge in [0.2, 0.25) is 0 Å². The molecule has 0 aromatic heterocycles. The molecule has 3 aliphatic rings. The number of allylic oxidation sites excluding steroid dienone is 1. The number of rotatable bonds is 6. The van der Waals surface area contributed by atoms with Gasteiger partial charge in [0, 0.05) is 39.1 Å². The fourth-order valence-electron chi connectivity index (χ4n) is 6.39.